The summed E-state index contributed by atoms with van der Waals surface area (Å²) in [7, 11) is -1.45. The molecule has 0 heterocycles. The summed E-state index contributed by atoms with van der Waals surface area (Å²) in [6, 6.07) is 4.86. The van der Waals surface area contributed by atoms with Crippen molar-refractivity contribution in [3.63, 3.8) is 0 Å². The molecule has 1 aromatic rings. The van der Waals surface area contributed by atoms with E-state index in [1.807, 2.05) is 0 Å². The van der Waals surface area contributed by atoms with Gasteiger partial charge in [0.1, 0.15) is 4.90 Å². The van der Waals surface area contributed by atoms with Gasteiger partial charge in [0.2, 0.25) is 10.0 Å². The van der Waals surface area contributed by atoms with Crippen LogP contribution in [0.5, 0.6) is 0 Å². The number of hydrogen-bond acceptors (Lipinski definition) is 5. The van der Waals surface area contributed by atoms with Gasteiger partial charge in [0.25, 0.3) is 0 Å². The Morgan fingerprint density at radius 2 is 2.00 bits per heavy atom. The van der Waals surface area contributed by atoms with E-state index >= 15 is 0 Å². The van der Waals surface area contributed by atoms with Crippen LogP contribution in [0.15, 0.2) is 23.1 Å². The second-order valence-electron chi connectivity index (χ2n) is 4.56. The SMILES string of the molecule is CN(C)S(=O)(=O)c1cccc(NCCCS(C)=O)c1N. The lowest BCUT2D eigenvalue weighted by molar-refractivity contribution is 0.521. The fraction of sp³-hybridized carbons (Fsp3) is 0.500. The predicted octanol–water partition coefficient (Wildman–Crippen LogP) is 0.700. The molecule has 0 bridgehead atoms. The van der Waals surface area contributed by atoms with Gasteiger partial charge in [-0.25, -0.2) is 12.7 Å². The average Bonchev–Trinajstić information content (AvgIpc) is 2.35. The normalized spacial score (nSPS) is 13.4. The number of nitrogens with zero attached hydrogens (tertiary/aromatic N) is 1. The standard InChI is InChI=1S/C12H21N3O3S2/c1-15(2)20(17,18)11-7-4-6-10(12(11)13)14-8-5-9-19(3)16/h4,6-7,14H,5,8-9,13H2,1-3H3. The Labute approximate surface area is 122 Å². The summed E-state index contributed by atoms with van der Waals surface area (Å²) in [6.45, 7) is 0.593. The highest BCUT2D eigenvalue weighted by atomic mass is 32.2. The van der Waals surface area contributed by atoms with E-state index in [0.29, 0.717) is 18.0 Å². The zero-order chi connectivity index (χ0) is 15.3. The van der Waals surface area contributed by atoms with Gasteiger partial charge < -0.3 is 11.1 Å². The van der Waals surface area contributed by atoms with Gasteiger partial charge in [0.15, 0.2) is 0 Å². The minimum atomic E-state index is -3.55. The van der Waals surface area contributed by atoms with Crippen molar-refractivity contribution in [2.24, 2.45) is 0 Å². The number of anilines is 2. The maximum absolute atomic E-state index is 12.1. The van der Waals surface area contributed by atoms with E-state index in [2.05, 4.69) is 5.32 Å². The number of para-hydroxylation sites is 1. The quantitative estimate of drug-likeness (QED) is 0.570. The molecule has 0 aliphatic rings. The molecule has 114 valence electrons. The van der Waals surface area contributed by atoms with Crippen LogP contribution in [-0.2, 0) is 20.8 Å². The molecule has 0 aliphatic carbocycles. The fourth-order valence-corrected chi connectivity index (χ4v) is 3.20. The molecule has 0 spiro atoms. The number of nitrogens with one attached hydrogen (secondary N) is 1. The number of sulfonamides is 1. The van der Waals surface area contributed by atoms with E-state index in [0.717, 1.165) is 10.7 Å². The molecule has 8 heteroatoms. The minimum absolute atomic E-state index is 0.0894. The molecule has 0 fully saturated rings. The first-order valence-corrected chi connectivity index (χ1v) is 9.28. The number of benzene rings is 1. The number of rotatable bonds is 7. The molecular formula is C12H21N3O3S2. The van der Waals surface area contributed by atoms with E-state index in [-0.39, 0.29) is 10.6 Å². The van der Waals surface area contributed by atoms with Crippen LogP contribution in [-0.4, -0.2) is 49.6 Å². The third-order valence-corrected chi connectivity index (χ3v) is 5.49. The Morgan fingerprint density at radius 3 is 2.55 bits per heavy atom. The van der Waals surface area contributed by atoms with Crippen molar-refractivity contribution in [2.45, 2.75) is 11.3 Å². The Kier molecular flexibility index (Phi) is 5.97. The summed E-state index contributed by atoms with van der Waals surface area (Å²) in [5, 5.41) is 3.08. The highest BCUT2D eigenvalue weighted by Crippen LogP contribution is 2.28. The molecule has 20 heavy (non-hydrogen) atoms. The van der Waals surface area contributed by atoms with Crippen LogP contribution in [0.3, 0.4) is 0 Å². The van der Waals surface area contributed by atoms with Crippen LogP contribution in [0, 0.1) is 0 Å². The van der Waals surface area contributed by atoms with Crippen molar-refractivity contribution >= 4 is 32.2 Å². The van der Waals surface area contributed by atoms with Gasteiger partial charge in [-0.2, -0.15) is 0 Å². The summed E-state index contributed by atoms with van der Waals surface area (Å²) in [5.41, 5.74) is 6.71. The van der Waals surface area contributed by atoms with Gasteiger partial charge >= 0.3 is 0 Å². The van der Waals surface area contributed by atoms with E-state index in [4.69, 9.17) is 5.73 Å². The molecular weight excluding hydrogens is 298 g/mol. The Balaban J connectivity index is 2.88. The molecule has 3 N–H and O–H groups in total. The fourth-order valence-electron chi connectivity index (χ4n) is 1.62. The van der Waals surface area contributed by atoms with E-state index in [1.54, 1.807) is 18.4 Å². The van der Waals surface area contributed by atoms with Gasteiger partial charge in [0.05, 0.1) is 11.4 Å². The zero-order valence-corrected chi connectivity index (χ0v) is 13.6. The Morgan fingerprint density at radius 1 is 1.35 bits per heavy atom. The molecule has 0 saturated heterocycles. The van der Waals surface area contributed by atoms with Crippen LogP contribution >= 0.6 is 0 Å². The lowest BCUT2D eigenvalue weighted by Gasteiger charge is -2.16. The number of nitrogen functional groups attached to an aromatic ring is 1. The van der Waals surface area contributed by atoms with E-state index in [9.17, 15) is 12.6 Å². The lowest BCUT2D eigenvalue weighted by Crippen LogP contribution is -2.23. The summed E-state index contributed by atoms with van der Waals surface area (Å²) >= 11 is 0. The van der Waals surface area contributed by atoms with E-state index < -0.39 is 20.8 Å². The second kappa shape index (κ2) is 7.05. The first-order valence-electron chi connectivity index (χ1n) is 6.11. The van der Waals surface area contributed by atoms with Crippen LogP contribution in [0.25, 0.3) is 0 Å². The molecule has 0 aromatic heterocycles. The monoisotopic (exact) mass is 319 g/mol. The average molecular weight is 319 g/mol. The van der Waals surface area contributed by atoms with E-state index in [1.165, 1.54) is 20.2 Å². The molecule has 1 unspecified atom stereocenters. The van der Waals surface area contributed by atoms with Crippen LogP contribution < -0.4 is 11.1 Å². The number of nitrogens with two attached hydrogens (primary N) is 1. The van der Waals surface area contributed by atoms with Crippen molar-refractivity contribution in [3.05, 3.63) is 18.2 Å². The van der Waals surface area contributed by atoms with Crippen LogP contribution in [0.1, 0.15) is 6.42 Å². The van der Waals surface area contributed by atoms with Gasteiger partial charge in [-0.3, -0.25) is 4.21 Å². The Hall–Kier alpha value is -1.12. The largest absolute Gasteiger partial charge is 0.396 e. The smallest absolute Gasteiger partial charge is 0.244 e. The summed E-state index contributed by atoms with van der Waals surface area (Å²) < 4.78 is 36.3. The van der Waals surface area contributed by atoms with Crippen molar-refractivity contribution in [2.75, 3.05) is 43.7 Å². The molecule has 0 radical (unpaired) electrons. The maximum atomic E-state index is 12.1. The summed E-state index contributed by atoms with van der Waals surface area (Å²) in [6.07, 6.45) is 2.38. The molecule has 6 nitrogen and oxygen atoms in total. The molecule has 0 aliphatic heterocycles. The summed E-state index contributed by atoms with van der Waals surface area (Å²) in [4.78, 5) is 0.0894. The van der Waals surface area contributed by atoms with Gasteiger partial charge in [-0.05, 0) is 18.6 Å². The van der Waals surface area contributed by atoms with Crippen molar-refractivity contribution in [3.8, 4) is 0 Å². The Bertz CT molecular complexity index is 586. The maximum Gasteiger partial charge on any atom is 0.244 e. The molecule has 0 saturated carbocycles. The van der Waals surface area contributed by atoms with Crippen LogP contribution in [0.4, 0.5) is 11.4 Å². The molecule has 1 aromatic carbocycles. The molecule has 0 amide bonds. The third kappa shape index (κ3) is 4.19. The number of hydrogen-bond donors (Lipinski definition) is 2. The first kappa shape index (κ1) is 16.9. The lowest BCUT2D eigenvalue weighted by atomic mass is 10.2. The third-order valence-electron chi connectivity index (χ3n) is 2.75. The second-order valence-corrected chi connectivity index (χ2v) is 8.24. The summed E-state index contributed by atoms with van der Waals surface area (Å²) in [5.74, 6) is 0.600. The zero-order valence-electron chi connectivity index (χ0n) is 11.9. The highest BCUT2D eigenvalue weighted by molar-refractivity contribution is 7.89. The van der Waals surface area contributed by atoms with Crippen molar-refractivity contribution < 1.29 is 12.6 Å². The van der Waals surface area contributed by atoms with Gasteiger partial charge in [-0.15, -0.1) is 0 Å². The molecule has 1 rings (SSSR count). The van der Waals surface area contributed by atoms with Crippen molar-refractivity contribution in [1.29, 1.82) is 0 Å². The van der Waals surface area contributed by atoms with Crippen molar-refractivity contribution in [1.82, 2.24) is 4.31 Å². The predicted molar refractivity (Wildman–Crippen MR) is 83.8 cm³/mol. The van der Waals surface area contributed by atoms with Gasteiger partial charge in [0, 0.05) is 43.4 Å². The first-order chi connectivity index (χ1) is 9.26. The van der Waals surface area contributed by atoms with Gasteiger partial charge in [-0.1, -0.05) is 6.07 Å². The molecule has 1 atom stereocenters. The minimum Gasteiger partial charge on any atom is -0.396 e. The van der Waals surface area contributed by atoms with Crippen LogP contribution in [0.2, 0.25) is 0 Å². The highest BCUT2D eigenvalue weighted by Gasteiger charge is 2.21. The topological polar surface area (TPSA) is 92.5 Å².